The van der Waals surface area contributed by atoms with Gasteiger partial charge >= 0.3 is 0 Å². The highest BCUT2D eigenvalue weighted by molar-refractivity contribution is 5.87. The third-order valence-electron chi connectivity index (χ3n) is 5.23. The lowest BCUT2D eigenvalue weighted by molar-refractivity contribution is 0.351. The van der Waals surface area contributed by atoms with Gasteiger partial charge in [-0.1, -0.05) is 47.6 Å². The summed E-state index contributed by atoms with van der Waals surface area (Å²) in [5.41, 5.74) is 11.5. The van der Waals surface area contributed by atoms with Crippen LogP contribution in [0.4, 0.5) is 10.3 Å². The van der Waals surface area contributed by atoms with Crippen molar-refractivity contribution in [3.05, 3.63) is 54.1 Å². The lowest BCUT2D eigenvalue weighted by atomic mass is 9.96. The summed E-state index contributed by atoms with van der Waals surface area (Å²) in [6.07, 6.45) is 0. The van der Waals surface area contributed by atoms with Crippen molar-refractivity contribution in [1.82, 2.24) is 19.5 Å². The van der Waals surface area contributed by atoms with Gasteiger partial charge in [0.05, 0.1) is 22.4 Å². The van der Waals surface area contributed by atoms with E-state index in [2.05, 4.69) is 62.1 Å². The molecule has 0 amide bonds. The van der Waals surface area contributed by atoms with E-state index in [1.807, 2.05) is 12.1 Å². The van der Waals surface area contributed by atoms with Crippen LogP contribution in [-0.4, -0.2) is 19.5 Å². The van der Waals surface area contributed by atoms with Crippen LogP contribution in [-0.2, 0) is 12.0 Å². The molecule has 0 saturated carbocycles. The van der Waals surface area contributed by atoms with Crippen LogP contribution in [0.2, 0.25) is 0 Å². The number of rotatable bonds is 3. The number of nitrogens with zero attached hydrogens (tertiary/aromatic N) is 3. The molecule has 0 aliphatic carbocycles. The lowest BCUT2D eigenvalue weighted by Gasteiger charge is -2.20. The van der Waals surface area contributed by atoms with E-state index < -0.39 is 0 Å². The van der Waals surface area contributed by atoms with Gasteiger partial charge in [-0.25, -0.2) is 14.4 Å². The molecule has 4 rings (SSSR count). The van der Waals surface area contributed by atoms with E-state index >= 15 is 0 Å². The van der Waals surface area contributed by atoms with Crippen LogP contribution in [0.15, 0.2) is 42.5 Å². The standard InChI is InChI=1S/C25H30FN5/c1-24(2,3)14-31-19-13-16(9-12-18(19)28-23(31)27)21-20(15-7-10-17(26)11-8-15)29-22(30-21)25(4,5)6/h7-13H,14H2,1-6H3,(H2,27,28)(H,29,30). The SMILES string of the molecule is CC(C)(C)Cn1c(N)nc2ccc(-c3nc(C(C)(C)C)[nH]c3-c3ccc(F)cc3)cc21. The highest BCUT2D eigenvalue weighted by atomic mass is 19.1. The van der Waals surface area contributed by atoms with Crippen molar-refractivity contribution in [1.29, 1.82) is 0 Å². The molecule has 5 nitrogen and oxygen atoms in total. The molecule has 2 aromatic heterocycles. The number of nitrogen functional groups attached to an aromatic ring is 1. The van der Waals surface area contributed by atoms with Crippen LogP contribution in [0, 0.1) is 11.2 Å². The van der Waals surface area contributed by atoms with E-state index in [9.17, 15) is 4.39 Å². The van der Waals surface area contributed by atoms with Crippen LogP contribution in [0.5, 0.6) is 0 Å². The predicted octanol–water partition coefficient (Wildman–Crippen LogP) is 6.16. The lowest BCUT2D eigenvalue weighted by Crippen LogP contribution is -2.17. The molecule has 4 aromatic rings. The second-order valence-corrected chi connectivity index (χ2v) is 10.4. The third-order valence-corrected chi connectivity index (χ3v) is 5.23. The van der Waals surface area contributed by atoms with Crippen LogP contribution in [0.25, 0.3) is 33.5 Å². The number of aromatic nitrogens is 4. The Morgan fingerprint density at radius 2 is 1.58 bits per heavy atom. The minimum Gasteiger partial charge on any atom is -0.369 e. The van der Waals surface area contributed by atoms with Crippen LogP contribution in [0.3, 0.4) is 0 Å². The molecule has 2 heterocycles. The maximum atomic E-state index is 13.5. The first-order chi connectivity index (χ1) is 14.4. The summed E-state index contributed by atoms with van der Waals surface area (Å²) in [7, 11) is 0. The summed E-state index contributed by atoms with van der Waals surface area (Å²) in [5.74, 6) is 1.13. The number of H-pyrrole nitrogens is 1. The molecule has 0 unspecified atom stereocenters. The minimum absolute atomic E-state index is 0.0583. The average molecular weight is 420 g/mol. The summed E-state index contributed by atoms with van der Waals surface area (Å²) in [6, 6.07) is 12.6. The van der Waals surface area contributed by atoms with Gasteiger partial charge in [-0.15, -0.1) is 0 Å². The van der Waals surface area contributed by atoms with Crippen molar-refractivity contribution in [3.8, 4) is 22.5 Å². The zero-order valence-corrected chi connectivity index (χ0v) is 19.0. The second-order valence-electron chi connectivity index (χ2n) is 10.4. The van der Waals surface area contributed by atoms with Gasteiger partial charge in [0.15, 0.2) is 0 Å². The Balaban J connectivity index is 1.91. The Kier molecular flexibility index (Phi) is 4.91. The Morgan fingerprint density at radius 3 is 2.19 bits per heavy atom. The van der Waals surface area contributed by atoms with Gasteiger partial charge in [-0.3, -0.25) is 0 Å². The number of hydrogen-bond acceptors (Lipinski definition) is 3. The van der Waals surface area contributed by atoms with Crippen LogP contribution >= 0.6 is 0 Å². The number of anilines is 1. The first kappa shape index (κ1) is 21.1. The number of fused-ring (bicyclic) bond motifs is 1. The molecule has 0 atom stereocenters. The molecule has 0 saturated heterocycles. The quantitative estimate of drug-likeness (QED) is 0.418. The van der Waals surface area contributed by atoms with E-state index in [1.165, 1.54) is 12.1 Å². The predicted molar refractivity (Wildman–Crippen MR) is 125 cm³/mol. The first-order valence-corrected chi connectivity index (χ1v) is 10.5. The number of nitrogens with one attached hydrogen (secondary N) is 1. The van der Waals surface area contributed by atoms with Crippen molar-refractivity contribution < 1.29 is 4.39 Å². The van der Waals surface area contributed by atoms with E-state index in [-0.39, 0.29) is 16.6 Å². The highest BCUT2D eigenvalue weighted by Gasteiger charge is 2.23. The fourth-order valence-electron chi connectivity index (χ4n) is 3.69. The molecule has 3 N–H and O–H groups in total. The monoisotopic (exact) mass is 419 g/mol. The fraction of sp³-hybridized carbons (Fsp3) is 0.360. The zero-order chi connectivity index (χ0) is 22.6. The van der Waals surface area contributed by atoms with Gasteiger partial charge in [0.1, 0.15) is 11.6 Å². The van der Waals surface area contributed by atoms with Crippen molar-refractivity contribution in [2.24, 2.45) is 5.41 Å². The van der Waals surface area contributed by atoms with Gasteiger partial charge in [0.25, 0.3) is 0 Å². The molecule has 0 aliphatic rings. The number of hydrogen-bond donors (Lipinski definition) is 2. The first-order valence-electron chi connectivity index (χ1n) is 10.5. The number of imidazole rings is 2. The molecular weight excluding hydrogens is 389 g/mol. The van der Waals surface area contributed by atoms with Crippen LogP contribution in [0.1, 0.15) is 47.4 Å². The van der Waals surface area contributed by atoms with E-state index in [0.29, 0.717) is 5.95 Å². The van der Waals surface area contributed by atoms with Gasteiger partial charge in [0, 0.05) is 23.1 Å². The maximum absolute atomic E-state index is 13.5. The molecule has 0 fully saturated rings. The Bertz CT molecular complexity index is 1230. The van der Waals surface area contributed by atoms with Crippen molar-refractivity contribution in [3.63, 3.8) is 0 Å². The number of aromatic amines is 1. The van der Waals surface area contributed by atoms with Gasteiger partial charge < -0.3 is 15.3 Å². The number of benzene rings is 2. The van der Waals surface area contributed by atoms with E-state index in [1.54, 1.807) is 12.1 Å². The number of halogens is 1. The Morgan fingerprint density at radius 1 is 0.935 bits per heavy atom. The summed E-state index contributed by atoms with van der Waals surface area (Å²) < 4.78 is 15.6. The fourth-order valence-corrected chi connectivity index (χ4v) is 3.69. The minimum atomic E-state index is -0.260. The molecular formula is C25H30FN5. The molecule has 0 radical (unpaired) electrons. The smallest absolute Gasteiger partial charge is 0.201 e. The largest absolute Gasteiger partial charge is 0.369 e. The second kappa shape index (κ2) is 7.22. The maximum Gasteiger partial charge on any atom is 0.201 e. The molecule has 0 aliphatic heterocycles. The molecule has 0 bridgehead atoms. The Hall–Kier alpha value is -3.15. The summed E-state index contributed by atoms with van der Waals surface area (Å²) in [5, 5.41) is 0. The van der Waals surface area contributed by atoms with Crippen LogP contribution < -0.4 is 5.73 Å². The topological polar surface area (TPSA) is 72.5 Å². The summed E-state index contributed by atoms with van der Waals surface area (Å²) in [6.45, 7) is 13.6. The van der Waals surface area contributed by atoms with Crippen molar-refractivity contribution in [2.75, 3.05) is 5.73 Å². The average Bonchev–Trinajstić information content (AvgIpc) is 3.23. The normalized spacial score (nSPS) is 12.6. The van der Waals surface area contributed by atoms with Gasteiger partial charge in [0.2, 0.25) is 5.95 Å². The van der Waals surface area contributed by atoms with Gasteiger partial charge in [-0.05, 0) is 41.8 Å². The molecule has 0 spiro atoms. The summed E-state index contributed by atoms with van der Waals surface area (Å²) >= 11 is 0. The third kappa shape index (κ3) is 4.20. The van der Waals surface area contributed by atoms with Gasteiger partial charge in [-0.2, -0.15) is 0 Å². The van der Waals surface area contributed by atoms with Crippen molar-refractivity contribution >= 4 is 17.0 Å². The zero-order valence-electron chi connectivity index (χ0n) is 19.0. The molecule has 2 aromatic carbocycles. The molecule has 162 valence electrons. The highest BCUT2D eigenvalue weighted by Crippen LogP contribution is 2.35. The number of nitrogens with two attached hydrogens (primary N) is 1. The van der Waals surface area contributed by atoms with E-state index in [0.717, 1.165) is 45.9 Å². The molecule has 6 heteroatoms. The van der Waals surface area contributed by atoms with E-state index in [4.69, 9.17) is 10.7 Å². The van der Waals surface area contributed by atoms with Crippen molar-refractivity contribution in [2.45, 2.75) is 53.5 Å². The Labute approximate surface area is 182 Å². The summed E-state index contributed by atoms with van der Waals surface area (Å²) in [4.78, 5) is 13.0. The molecule has 31 heavy (non-hydrogen) atoms.